The molecule has 1 heteroatoms. The Kier molecular flexibility index (Phi) is 3.02. The van der Waals surface area contributed by atoms with Crippen molar-refractivity contribution in [1.82, 2.24) is 0 Å². The number of fused-ring (bicyclic) bond motifs is 1. The molecule has 90 valence electrons. The maximum Gasteiger partial charge on any atom is 0.0229 e. The first-order valence-corrected chi connectivity index (χ1v) is 6.86. The molecule has 2 atom stereocenters. The van der Waals surface area contributed by atoms with Crippen LogP contribution in [0.5, 0.6) is 0 Å². The van der Waals surface area contributed by atoms with Crippen molar-refractivity contribution in [2.45, 2.75) is 50.5 Å². The molecule has 3 rings (SSSR count). The van der Waals surface area contributed by atoms with E-state index in [4.69, 9.17) is 5.73 Å². The summed E-state index contributed by atoms with van der Waals surface area (Å²) in [5, 5.41) is 0. The van der Waals surface area contributed by atoms with E-state index in [9.17, 15) is 0 Å². The van der Waals surface area contributed by atoms with Crippen LogP contribution in [0.1, 0.15) is 49.1 Å². The average Bonchev–Trinajstić information content (AvgIpc) is 2.75. The molecule has 1 nitrogen and oxygen atoms in total. The molecule has 2 unspecified atom stereocenters. The predicted molar refractivity (Wildman–Crippen MR) is 72.0 cm³/mol. The minimum atomic E-state index is 0.323. The lowest BCUT2D eigenvalue weighted by Crippen LogP contribution is -2.12. The van der Waals surface area contributed by atoms with Gasteiger partial charge in [-0.15, -0.1) is 0 Å². The molecule has 0 aromatic heterocycles. The minimum Gasteiger partial charge on any atom is -0.324 e. The van der Waals surface area contributed by atoms with Gasteiger partial charge < -0.3 is 5.73 Å². The Balaban J connectivity index is 1.79. The first kappa shape index (κ1) is 11.0. The van der Waals surface area contributed by atoms with Gasteiger partial charge in [-0.25, -0.2) is 0 Å². The van der Waals surface area contributed by atoms with E-state index in [2.05, 4.69) is 30.3 Å². The zero-order valence-corrected chi connectivity index (χ0v) is 10.4. The van der Waals surface area contributed by atoms with Gasteiger partial charge in [-0.2, -0.15) is 0 Å². The van der Waals surface area contributed by atoms with E-state index in [-0.39, 0.29) is 0 Å². The van der Waals surface area contributed by atoms with Gasteiger partial charge in [0.15, 0.2) is 0 Å². The van der Waals surface area contributed by atoms with Crippen LogP contribution in [0.4, 0.5) is 0 Å². The van der Waals surface area contributed by atoms with Gasteiger partial charge in [0, 0.05) is 6.04 Å². The van der Waals surface area contributed by atoms with Crippen molar-refractivity contribution in [2.75, 3.05) is 0 Å². The van der Waals surface area contributed by atoms with Crippen LogP contribution in [0.2, 0.25) is 0 Å². The molecule has 17 heavy (non-hydrogen) atoms. The first-order valence-electron chi connectivity index (χ1n) is 6.86. The molecule has 0 saturated heterocycles. The third kappa shape index (κ3) is 2.30. The highest BCUT2D eigenvalue weighted by molar-refractivity contribution is 5.34. The fourth-order valence-corrected chi connectivity index (χ4v) is 3.37. The number of hydrogen-bond donors (Lipinski definition) is 1. The summed E-state index contributed by atoms with van der Waals surface area (Å²) in [6.45, 7) is 0. The number of benzene rings is 1. The lowest BCUT2D eigenvalue weighted by molar-refractivity contribution is 0.544. The van der Waals surface area contributed by atoms with Crippen LogP contribution in [0.15, 0.2) is 35.9 Å². The fraction of sp³-hybridized carbons (Fsp3) is 0.500. The Hall–Kier alpha value is -1.08. The topological polar surface area (TPSA) is 26.0 Å². The van der Waals surface area contributed by atoms with Crippen molar-refractivity contribution >= 4 is 0 Å². The summed E-state index contributed by atoms with van der Waals surface area (Å²) in [6, 6.07) is 9.31. The van der Waals surface area contributed by atoms with E-state index in [1.165, 1.54) is 32.1 Å². The molecule has 0 fully saturated rings. The molecule has 2 aliphatic rings. The maximum absolute atomic E-state index is 5.95. The van der Waals surface area contributed by atoms with Crippen LogP contribution in [0.3, 0.4) is 0 Å². The van der Waals surface area contributed by atoms with Crippen LogP contribution in [0, 0.1) is 0 Å². The van der Waals surface area contributed by atoms with Crippen molar-refractivity contribution < 1.29 is 0 Å². The van der Waals surface area contributed by atoms with E-state index in [1.807, 2.05) is 0 Å². The Morgan fingerprint density at radius 1 is 1.12 bits per heavy atom. The molecule has 0 bridgehead atoms. The summed E-state index contributed by atoms with van der Waals surface area (Å²) in [6.07, 6.45) is 9.89. The average molecular weight is 227 g/mol. The highest BCUT2D eigenvalue weighted by Gasteiger charge is 2.22. The van der Waals surface area contributed by atoms with Crippen molar-refractivity contribution in [3.8, 4) is 0 Å². The van der Waals surface area contributed by atoms with E-state index < -0.39 is 0 Å². The Bertz CT molecular complexity index is 433. The molecule has 1 aromatic rings. The Morgan fingerprint density at radius 2 is 2.00 bits per heavy atom. The lowest BCUT2D eigenvalue weighted by atomic mass is 9.79. The smallest absolute Gasteiger partial charge is 0.0229 e. The summed E-state index contributed by atoms with van der Waals surface area (Å²) >= 11 is 0. The molecule has 1 aromatic carbocycles. The standard InChI is InChI=1S/C16H21N/c17-15-9-8-12(11-15)10-14-6-3-5-13-4-1-2-7-16(13)14/h1-2,4,7,11,14-15H,3,5-6,8-10,17H2. The highest BCUT2D eigenvalue weighted by Crippen LogP contribution is 2.37. The van der Waals surface area contributed by atoms with Gasteiger partial charge in [-0.1, -0.05) is 35.9 Å². The second-order valence-corrected chi connectivity index (χ2v) is 5.52. The molecular weight excluding hydrogens is 206 g/mol. The maximum atomic E-state index is 5.95. The number of rotatable bonds is 2. The highest BCUT2D eigenvalue weighted by atomic mass is 14.6. The molecule has 0 spiro atoms. The van der Waals surface area contributed by atoms with Crippen LogP contribution in [-0.2, 0) is 6.42 Å². The largest absolute Gasteiger partial charge is 0.324 e. The molecule has 2 aliphatic carbocycles. The van der Waals surface area contributed by atoms with Gasteiger partial charge in [0.25, 0.3) is 0 Å². The molecule has 0 radical (unpaired) electrons. The Morgan fingerprint density at radius 3 is 2.82 bits per heavy atom. The van der Waals surface area contributed by atoms with Crippen molar-refractivity contribution in [2.24, 2.45) is 5.73 Å². The normalized spacial score (nSPS) is 27.7. The molecule has 0 saturated carbocycles. The van der Waals surface area contributed by atoms with E-state index in [0.29, 0.717) is 6.04 Å². The lowest BCUT2D eigenvalue weighted by Gasteiger charge is -2.25. The third-order valence-electron chi connectivity index (χ3n) is 4.25. The summed E-state index contributed by atoms with van der Waals surface area (Å²) in [4.78, 5) is 0. The van der Waals surface area contributed by atoms with Gasteiger partial charge in [0.05, 0.1) is 0 Å². The zero-order chi connectivity index (χ0) is 11.7. The van der Waals surface area contributed by atoms with E-state index >= 15 is 0 Å². The van der Waals surface area contributed by atoms with Gasteiger partial charge in [0.1, 0.15) is 0 Å². The van der Waals surface area contributed by atoms with Crippen LogP contribution in [0.25, 0.3) is 0 Å². The van der Waals surface area contributed by atoms with E-state index in [0.717, 1.165) is 12.3 Å². The molecule has 0 aliphatic heterocycles. The molecule has 0 amide bonds. The minimum absolute atomic E-state index is 0.323. The zero-order valence-electron chi connectivity index (χ0n) is 10.4. The summed E-state index contributed by atoms with van der Waals surface area (Å²) < 4.78 is 0. The predicted octanol–water partition coefficient (Wildman–Crippen LogP) is 3.54. The van der Waals surface area contributed by atoms with Gasteiger partial charge >= 0.3 is 0 Å². The number of aryl methyl sites for hydroxylation is 1. The van der Waals surface area contributed by atoms with Crippen molar-refractivity contribution in [3.05, 3.63) is 47.0 Å². The summed E-state index contributed by atoms with van der Waals surface area (Å²) in [7, 11) is 0. The fourth-order valence-electron chi connectivity index (χ4n) is 3.37. The third-order valence-corrected chi connectivity index (χ3v) is 4.25. The number of hydrogen-bond acceptors (Lipinski definition) is 1. The van der Waals surface area contributed by atoms with Crippen LogP contribution >= 0.6 is 0 Å². The summed E-state index contributed by atoms with van der Waals surface area (Å²) in [5.74, 6) is 0.747. The second kappa shape index (κ2) is 4.66. The monoisotopic (exact) mass is 227 g/mol. The summed E-state index contributed by atoms with van der Waals surface area (Å²) in [5.41, 5.74) is 10.7. The first-order chi connectivity index (χ1) is 8.33. The SMILES string of the molecule is NC1C=C(CC2CCCc3ccccc32)CC1. The Labute approximate surface area is 104 Å². The van der Waals surface area contributed by atoms with Crippen LogP contribution in [-0.4, -0.2) is 6.04 Å². The molecular formula is C16H21N. The van der Waals surface area contributed by atoms with Crippen molar-refractivity contribution in [3.63, 3.8) is 0 Å². The molecule has 2 N–H and O–H groups in total. The van der Waals surface area contributed by atoms with Gasteiger partial charge in [-0.3, -0.25) is 0 Å². The van der Waals surface area contributed by atoms with E-state index in [1.54, 1.807) is 16.7 Å². The number of allylic oxidation sites excluding steroid dienone is 1. The van der Waals surface area contributed by atoms with Gasteiger partial charge in [0.2, 0.25) is 0 Å². The van der Waals surface area contributed by atoms with Gasteiger partial charge in [-0.05, 0) is 55.6 Å². The molecule has 0 heterocycles. The number of nitrogens with two attached hydrogens (primary N) is 1. The quantitative estimate of drug-likeness (QED) is 0.768. The second-order valence-electron chi connectivity index (χ2n) is 5.52. The van der Waals surface area contributed by atoms with Crippen molar-refractivity contribution in [1.29, 1.82) is 0 Å². The van der Waals surface area contributed by atoms with Crippen LogP contribution < -0.4 is 5.73 Å².